The van der Waals surface area contributed by atoms with E-state index in [1.165, 1.54) is 6.07 Å². The molecule has 154 valence electrons. The van der Waals surface area contributed by atoms with E-state index in [0.717, 1.165) is 22.5 Å². The molecule has 4 aromatic rings. The fourth-order valence-corrected chi connectivity index (χ4v) is 4.13. The van der Waals surface area contributed by atoms with Crippen LogP contribution in [-0.2, 0) is 4.79 Å². The Kier molecular flexibility index (Phi) is 4.58. The van der Waals surface area contributed by atoms with E-state index >= 15 is 0 Å². The van der Waals surface area contributed by atoms with Crippen molar-refractivity contribution in [2.45, 2.75) is 26.2 Å². The second-order valence-electron chi connectivity index (χ2n) is 7.67. The first kappa shape index (κ1) is 19.1. The number of carbonyl (C=O) groups is 1. The molecular weight excluding hydrogens is 393 g/mol. The summed E-state index contributed by atoms with van der Waals surface area (Å²) in [5, 5.41) is 7.74. The van der Waals surface area contributed by atoms with Crippen LogP contribution in [0.25, 0.3) is 17.2 Å². The van der Waals surface area contributed by atoms with Gasteiger partial charge in [-0.2, -0.15) is 9.78 Å². The van der Waals surface area contributed by atoms with Crippen molar-refractivity contribution in [3.63, 3.8) is 0 Å². The molecule has 1 N–H and O–H groups in total. The van der Waals surface area contributed by atoms with Crippen LogP contribution in [0, 0.1) is 19.7 Å². The summed E-state index contributed by atoms with van der Waals surface area (Å²) in [5.41, 5.74) is 4.36. The molecule has 7 heteroatoms. The van der Waals surface area contributed by atoms with Gasteiger partial charge in [-0.15, -0.1) is 0 Å². The summed E-state index contributed by atoms with van der Waals surface area (Å²) in [7, 11) is 0. The molecule has 0 fully saturated rings. The molecule has 1 aliphatic rings. The Morgan fingerprint density at radius 2 is 1.68 bits per heavy atom. The second-order valence-corrected chi connectivity index (χ2v) is 7.67. The SMILES string of the molecule is Cc1cc(C)nc(-n2nc(-c3ccccc3)c3c2NC(=O)C[C@@H]3c2ccccc2F)n1. The Hall–Kier alpha value is -3.87. The van der Waals surface area contributed by atoms with Crippen molar-refractivity contribution in [1.29, 1.82) is 0 Å². The molecule has 2 aromatic carbocycles. The van der Waals surface area contributed by atoms with Crippen molar-refractivity contribution >= 4 is 11.7 Å². The van der Waals surface area contributed by atoms with Gasteiger partial charge in [-0.05, 0) is 31.5 Å². The maximum atomic E-state index is 14.8. The highest BCUT2D eigenvalue weighted by molar-refractivity contribution is 5.96. The Morgan fingerprint density at radius 3 is 2.39 bits per heavy atom. The van der Waals surface area contributed by atoms with Crippen molar-refractivity contribution < 1.29 is 9.18 Å². The number of anilines is 1. The third kappa shape index (κ3) is 3.38. The number of hydrogen-bond donors (Lipinski definition) is 1. The molecule has 0 unspecified atom stereocenters. The molecule has 0 aliphatic carbocycles. The Morgan fingerprint density at radius 1 is 1.00 bits per heavy atom. The molecule has 1 aliphatic heterocycles. The number of nitrogens with one attached hydrogen (secondary N) is 1. The van der Waals surface area contributed by atoms with Crippen molar-refractivity contribution in [1.82, 2.24) is 19.7 Å². The highest BCUT2D eigenvalue weighted by Gasteiger charge is 2.36. The number of carbonyl (C=O) groups excluding carboxylic acids is 1. The molecule has 0 saturated heterocycles. The normalized spacial score (nSPS) is 15.5. The smallest absolute Gasteiger partial charge is 0.252 e. The summed E-state index contributed by atoms with van der Waals surface area (Å²) >= 11 is 0. The first-order valence-corrected chi connectivity index (χ1v) is 10.1. The number of aryl methyl sites for hydroxylation is 2. The minimum absolute atomic E-state index is 0.132. The van der Waals surface area contributed by atoms with E-state index < -0.39 is 5.92 Å². The number of fused-ring (bicyclic) bond motifs is 1. The fourth-order valence-electron chi connectivity index (χ4n) is 4.13. The van der Waals surface area contributed by atoms with Gasteiger partial charge in [0.05, 0.1) is 5.69 Å². The third-order valence-corrected chi connectivity index (χ3v) is 5.41. The van der Waals surface area contributed by atoms with Gasteiger partial charge >= 0.3 is 0 Å². The average molecular weight is 413 g/mol. The number of hydrogen-bond acceptors (Lipinski definition) is 4. The lowest BCUT2D eigenvalue weighted by atomic mass is 9.84. The summed E-state index contributed by atoms with van der Waals surface area (Å²) in [6.07, 6.45) is 0.132. The van der Waals surface area contributed by atoms with Crippen LogP contribution in [0.2, 0.25) is 0 Å². The topological polar surface area (TPSA) is 72.7 Å². The van der Waals surface area contributed by atoms with Crippen molar-refractivity contribution in [2.24, 2.45) is 0 Å². The van der Waals surface area contributed by atoms with E-state index in [1.807, 2.05) is 50.2 Å². The van der Waals surface area contributed by atoms with E-state index in [2.05, 4.69) is 15.3 Å². The minimum atomic E-state index is -0.472. The molecule has 0 spiro atoms. The first-order valence-electron chi connectivity index (χ1n) is 10.1. The summed E-state index contributed by atoms with van der Waals surface area (Å²) in [6.45, 7) is 3.76. The van der Waals surface area contributed by atoms with E-state index in [1.54, 1.807) is 22.9 Å². The zero-order valence-electron chi connectivity index (χ0n) is 17.1. The van der Waals surface area contributed by atoms with Gasteiger partial charge in [0, 0.05) is 34.9 Å². The maximum Gasteiger partial charge on any atom is 0.252 e. The Labute approximate surface area is 178 Å². The van der Waals surface area contributed by atoms with Gasteiger partial charge in [-0.1, -0.05) is 48.5 Å². The highest BCUT2D eigenvalue weighted by atomic mass is 19.1. The molecule has 5 rings (SSSR count). The van der Waals surface area contributed by atoms with Crippen LogP contribution in [0.4, 0.5) is 10.2 Å². The van der Waals surface area contributed by atoms with Crippen molar-refractivity contribution in [3.8, 4) is 17.2 Å². The summed E-state index contributed by atoms with van der Waals surface area (Å²) in [6, 6.07) is 18.1. The number of halogens is 1. The molecule has 2 aromatic heterocycles. The molecule has 0 bridgehead atoms. The Balaban J connectivity index is 1.81. The highest BCUT2D eigenvalue weighted by Crippen LogP contribution is 2.44. The van der Waals surface area contributed by atoms with Crippen molar-refractivity contribution in [3.05, 3.63) is 89.0 Å². The van der Waals surface area contributed by atoms with E-state index in [4.69, 9.17) is 5.10 Å². The van der Waals surface area contributed by atoms with Crippen molar-refractivity contribution in [2.75, 3.05) is 5.32 Å². The molecule has 3 heterocycles. The second kappa shape index (κ2) is 7.43. The largest absolute Gasteiger partial charge is 0.310 e. The number of rotatable bonds is 3. The monoisotopic (exact) mass is 413 g/mol. The number of amides is 1. The van der Waals surface area contributed by atoms with E-state index in [9.17, 15) is 9.18 Å². The molecule has 0 saturated carbocycles. The maximum absolute atomic E-state index is 14.8. The molecule has 31 heavy (non-hydrogen) atoms. The van der Waals surface area contributed by atoms with Gasteiger partial charge in [0.2, 0.25) is 5.91 Å². The molecule has 1 atom stereocenters. The van der Waals surface area contributed by atoms with Crippen LogP contribution >= 0.6 is 0 Å². The van der Waals surface area contributed by atoms with Gasteiger partial charge in [-0.3, -0.25) is 4.79 Å². The van der Waals surface area contributed by atoms with Crippen LogP contribution in [0.3, 0.4) is 0 Å². The average Bonchev–Trinajstić information content (AvgIpc) is 3.13. The zero-order chi connectivity index (χ0) is 21.5. The summed E-state index contributed by atoms with van der Waals surface area (Å²) < 4.78 is 16.3. The van der Waals surface area contributed by atoms with Crippen LogP contribution in [-0.4, -0.2) is 25.7 Å². The number of benzene rings is 2. The van der Waals surface area contributed by atoms with Crippen LogP contribution in [0.15, 0.2) is 60.7 Å². The lowest BCUT2D eigenvalue weighted by Gasteiger charge is -2.25. The molecule has 6 nitrogen and oxygen atoms in total. The first-order chi connectivity index (χ1) is 15.0. The number of nitrogens with zero attached hydrogens (tertiary/aromatic N) is 4. The predicted molar refractivity (Wildman–Crippen MR) is 116 cm³/mol. The van der Waals surface area contributed by atoms with Gasteiger partial charge in [0.1, 0.15) is 11.6 Å². The van der Waals surface area contributed by atoms with E-state index in [0.29, 0.717) is 23.0 Å². The quantitative estimate of drug-likeness (QED) is 0.534. The Bertz CT molecular complexity index is 1280. The van der Waals surface area contributed by atoms with E-state index in [-0.39, 0.29) is 18.1 Å². The number of aromatic nitrogens is 4. The van der Waals surface area contributed by atoms with Crippen LogP contribution in [0.1, 0.15) is 34.9 Å². The molecule has 0 radical (unpaired) electrons. The molecular formula is C24H20FN5O. The standard InChI is InChI=1S/C24H20FN5O/c1-14-12-15(2)27-24(26-14)30-23-21(22(29-30)16-8-4-3-5-9-16)18(13-20(31)28-23)17-10-6-7-11-19(17)25/h3-12,18H,13H2,1-2H3,(H,28,31)/t18-/m1/s1. The lowest BCUT2D eigenvalue weighted by molar-refractivity contribution is -0.116. The summed E-state index contributed by atoms with van der Waals surface area (Å²) in [4.78, 5) is 21.7. The zero-order valence-corrected chi connectivity index (χ0v) is 17.1. The molecule has 1 amide bonds. The van der Waals surface area contributed by atoms with Crippen LogP contribution < -0.4 is 5.32 Å². The van der Waals surface area contributed by atoms with Gasteiger partial charge in [0.25, 0.3) is 5.95 Å². The fraction of sp³-hybridized carbons (Fsp3) is 0.167. The lowest BCUT2D eigenvalue weighted by Crippen LogP contribution is -2.25. The third-order valence-electron chi connectivity index (χ3n) is 5.41. The minimum Gasteiger partial charge on any atom is -0.310 e. The van der Waals surface area contributed by atoms with Gasteiger partial charge in [0.15, 0.2) is 0 Å². The van der Waals surface area contributed by atoms with Crippen LogP contribution in [0.5, 0.6) is 0 Å². The van der Waals surface area contributed by atoms with Gasteiger partial charge < -0.3 is 5.32 Å². The van der Waals surface area contributed by atoms with Gasteiger partial charge in [-0.25, -0.2) is 14.4 Å². The predicted octanol–water partition coefficient (Wildman–Crippen LogP) is 4.56. The summed E-state index contributed by atoms with van der Waals surface area (Å²) in [5.74, 6) is -0.174.